The number of carbonyl (C=O) groups is 2. The lowest BCUT2D eigenvalue weighted by Gasteiger charge is -2.48. The standard InChI is InChI=1S/C27H34N2O4/c1-16(30)33-27(3)13-21-24-18(7-8-26(21,2)25(27)19-6-5-9-29-15-19)12-20-22(31)10-17(14-28-4)11-23(20)32-24/h5-6,9,12,15,17,21,24-25,28H,7-8,10-11,13-14H2,1-4H3/t17?,21-,24+,25+,26-,27?/m0/s1. The zero-order valence-corrected chi connectivity index (χ0v) is 20.0. The Kier molecular flexibility index (Phi) is 5.47. The van der Waals surface area contributed by atoms with Crippen LogP contribution >= 0.6 is 0 Å². The first-order chi connectivity index (χ1) is 15.7. The number of fused-ring (bicyclic) bond motifs is 3. The second-order valence-electron chi connectivity index (χ2n) is 10.8. The van der Waals surface area contributed by atoms with Gasteiger partial charge in [0.05, 0.1) is 5.57 Å². The van der Waals surface area contributed by atoms with Gasteiger partial charge in [-0.1, -0.05) is 13.0 Å². The van der Waals surface area contributed by atoms with Gasteiger partial charge in [0.1, 0.15) is 17.5 Å². The van der Waals surface area contributed by atoms with Crippen LogP contribution < -0.4 is 5.32 Å². The van der Waals surface area contributed by atoms with E-state index in [1.807, 2.05) is 19.3 Å². The largest absolute Gasteiger partial charge is 0.489 e. The van der Waals surface area contributed by atoms with Crippen LogP contribution in [0.5, 0.6) is 0 Å². The molecule has 0 radical (unpaired) electrons. The molecule has 0 bridgehead atoms. The van der Waals surface area contributed by atoms with Crippen LogP contribution in [0.3, 0.4) is 0 Å². The normalized spacial score (nSPS) is 37.5. The third-order valence-corrected chi connectivity index (χ3v) is 8.46. The van der Waals surface area contributed by atoms with E-state index in [-0.39, 0.29) is 41.0 Å². The van der Waals surface area contributed by atoms with Gasteiger partial charge in [0.15, 0.2) is 5.78 Å². The second kappa shape index (κ2) is 8.08. The minimum atomic E-state index is -0.640. The van der Waals surface area contributed by atoms with Gasteiger partial charge < -0.3 is 14.8 Å². The van der Waals surface area contributed by atoms with Crippen molar-refractivity contribution >= 4 is 11.8 Å². The fourth-order valence-corrected chi connectivity index (χ4v) is 7.33. The van der Waals surface area contributed by atoms with Crippen molar-refractivity contribution < 1.29 is 19.1 Å². The van der Waals surface area contributed by atoms with Crippen molar-refractivity contribution in [2.45, 2.75) is 70.5 Å². The minimum Gasteiger partial charge on any atom is -0.489 e. The van der Waals surface area contributed by atoms with E-state index in [0.717, 1.165) is 49.1 Å². The first kappa shape index (κ1) is 22.3. The highest BCUT2D eigenvalue weighted by molar-refractivity contribution is 6.00. The van der Waals surface area contributed by atoms with Gasteiger partial charge in [-0.15, -0.1) is 0 Å². The lowest BCUT2D eigenvalue weighted by molar-refractivity contribution is -0.157. The van der Waals surface area contributed by atoms with Gasteiger partial charge in [0.2, 0.25) is 0 Å². The van der Waals surface area contributed by atoms with Gasteiger partial charge in [-0.3, -0.25) is 14.6 Å². The molecule has 2 fully saturated rings. The summed E-state index contributed by atoms with van der Waals surface area (Å²) in [5, 5.41) is 3.21. The minimum absolute atomic E-state index is 0.0261. The molecule has 1 aromatic rings. The molecule has 6 atom stereocenters. The Labute approximate surface area is 195 Å². The van der Waals surface area contributed by atoms with E-state index in [2.05, 4.69) is 36.3 Å². The van der Waals surface area contributed by atoms with Crippen LogP contribution in [-0.2, 0) is 19.1 Å². The lowest BCUT2D eigenvalue weighted by Crippen LogP contribution is -2.44. The second-order valence-corrected chi connectivity index (χ2v) is 10.8. The smallest absolute Gasteiger partial charge is 0.303 e. The zero-order chi connectivity index (χ0) is 23.4. The van der Waals surface area contributed by atoms with Gasteiger partial charge in [0, 0.05) is 44.0 Å². The first-order valence-electron chi connectivity index (χ1n) is 12.1. The molecule has 6 nitrogen and oxygen atoms in total. The van der Waals surface area contributed by atoms with E-state index in [0.29, 0.717) is 6.42 Å². The predicted molar refractivity (Wildman–Crippen MR) is 124 cm³/mol. The highest BCUT2D eigenvalue weighted by atomic mass is 16.6. The first-order valence-corrected chi connectivity index (χ1v) is 12.1. The summed E-state index contributed by atoms with van der Waals surface area (Å²) in [4.78, 5) is 29.4. The van der Waals surface area contributed by atoms with Gasteiger partial charge in [-0.2, -0.15) is 0 Å². The third-order valence-electron chi connectivity index (χ3n) is 8.46. The fourth-order valence-electron chi connectivity index (χ4n) is 7.33. The van der Waals surface area contributed by atoms with E-state index in [1.54, 1.807) is 6.20 Å². The molecule has 33 heavy (non-hydrogen) atoms. The van der Waals surface area contributed by atoms with Gasteiger partial charge in [0.25, 0.3) is 0 Å². The number of ketones is 1. The summed E-state index contributed by atoms with van der Waals surface area (Å²) in [6.45, 7) is 6.69. The Morgan fingerprint density at radius 3 is 2.85 bits per heavy atom. The molecule has 2 saturated carbocycles. The summed E-state index contributed by atoms with van der Waals surface area (Å²) in [7, 11) is 1.92. The van der Waals surface area contributed by atoms with E-state index in [9.17, 15) is 9.59 Å². The Balaban J connectivity index is 1.52. The average molecular weight is 451 g/mol. The Morgan fingerprint density at radius 1 is 1.33 bits per heavy atom. The molecule has 0 saturated heterocycles. The van der Waals surface area contributed by atoms with Gasteiger partial charge >= 0.3 is 5.97 Å². The number of allylic oxidation sites excluding steroid dienone is 3. The fraction of sp³-hybridized carbons (Fsp3) is 0.593. The summed E-state index contributed by atoms with van der Waals surface area (Å²) in [6.07, 6.45) is 9.67. The lowest BCUT2D eigenvalue weighted by atomic mass is 9.60. The predicted octanol–water partition coefficient (Wildman–Crippen LogP) is 4.08. The average Bonchev–Trinajstić information content (AvgIpc) is 2.99. The topological polar surface area (TPSA) is 77.5 Å². The van der Waals surface area contributed by atoms with Crippen LogP contribution in [0.25, 0.3) is 0 Å². The van der Waals surface area contributed by atoms with Crippen molar-refractivity contribution in [3.8, 4) is 0 Å². The number of pyridine rings is 1. The number of carbonyl (C=O) groups excluding carboxylic acids is 2. The van der Waals surface area contributed by atoms with Crippen molar-refractivity contribution in [3.63, 3.8) is 0 Å². The maximum atomic E-state index is 12.9. The summed E-state index contributed by atoms with van der Waals surface area (Å²) in [6, 6.07) is 4.06. The molecular formula is C27H34N2O4. The van der Waals surface area contributed by atoms with E-state index < -0.39 is 5.60 Å². The molecule has 1 aromatic heterocycles. The Hall–Kier alpha value is -2.47. The molecule has 0 amide bonds. The molecule has 5 rings (SSSR count). The molecule has 1 N–H and O–H groups in total. The number of hydrogen-bond donors (Lipinski definition) is 1. The third kappa shape index (κ3) is 3.63. The summed E-state index contributed by atoms with van der Waals surface area (Å²) in [5.41, 5.74) is 2.35. The van der Waals surface area contributed by atoms with Crippen LogP contribution in [0, 0.1) is 17.3 Å². The van der Waals surface area contributed by atoms with E-state index in [4.69, 9.17) is 9.47 Å². The summed E-state index contributed by atoms with van der Waals surface area (Å²) < 4.78 is 12.8. The van der Waals surface area contributed by atoms with Gasteiger partial charge in [-0.05, 0) is 74.4 Å². The summed E-state index contributed by atoms with van der Waals surface area (Å²) in [5.74, 6) is 1.26. The number of Topliss-reactive ketones (excluding diaryl/α,β-unsaturated/α-hetero) is 1. The van der Waals surface area contributed by atoms with E-state index >= 15 is 0 Å². The van der Waals surface area contributed by atoms with Crippen molar-refractivity contribution in [1.29, 1.82) is 0 Å². The molecule has 3 aliphatic carbocycles. The quantitative estimate of drug-likeness (QED) is 0.697. The van der Waals surface area contributed by atoms with Crippen molar-refractivity contribution in [2.75, 3.05) is 13.6 Å². The Morgan fingerprint density at radius 2 is 2.15 bits per heavy atom. The molecule has 4 aliphatic rings. The molecule has 0 spiro atoms. The summed E-state index contributed by atoms with van der Waals surface area (Å²) >= 11 is 0. The SMILES string of the molecule is CNCC1CC(=O)C2=C(C1)O[C@@H]1C(=C2)CC[C@@]2(C)[C@H]1CC(C)(OC(C)=O)[C@@H]2c1cccnc1. The van der Waals surface area contributed by atoms with Crippen LogP contribution in [0.4, 0.5) is 0 Å². The maximum absolute atomic E-state index is 12.9. The number of rotatable bonds is 4. The molecule has 176 valence electrons. The zero-order valence-electron chi connectivity index (χ0n) is 20.0. The molecule has 2 heterocycles. The molecular weight excluding hydrogens is 416 g/mol. The Bertz CT molecular complexity index is 1030. The van der Waals surface area contributed by atoms with Crippen LogP contribution in [-0.4, -0.2) is 42.0 Å². The molecule has 0 aromatic carbocycles. The van der Waals surface area contributed by atoms with Crippen LogP contribution in [0.15, 0.2) is 47.5 Å². The van der Waals surface area contributed by atoms with Crippen molar-refractivity contribution in [2.24, 2.45) is 17.3 Å². The number of ether oxygens (including phenoxy) is 2. The van der Waals surface area contributed by atoms with Crippen LogP contribution in [0.1, 0.15) is 64.4 Å². The van der Waals surface area contributed by atoms with Crippen molar-refractivity contribution in [1.82, 2.24) is 10.3 Å². The molecule has 1 aliphatic heterocycles. The number of aromatic nitrogens is 1. The monoisotopic (exact) mass is 450 g/mol. The number of nitrogens with zero attached hydrogens (tertiary/aromatic N) is 1. The van der Waals surface area contributed by atoms with Gasteiger partial charge in [-0.25, -0.2) is 0 Å². The molecule has 6 heteroatoms. The van der Waals surface area contributed by atoms with Crippen molar-refractivity contribution in [3.05, 3.63) is 53.1 Å². The number of esters is 1. The number of nitrogens with one attached hydrogen (secondary N) is 1. The highest BCUT2D eigenvalue weighted by Crippen LogP contribution is 2.66. The van der Waals surface area contributed by atoms with E-state index in [1.165, 1.54) is 12.5 Å². The molecule has 2 unspecified atom stereocenters. The number of hydrogen-bond acceptors (Lipinski definition) is 6. The maximum Gasteiger partial charge on any atom is 0.303 e. The van der Waals surface area contributed by atoms with Crippen LogP contribution in [0.2, 0.25) is 0 Å². The highest BCUT2D eigenvalue weighted by Gasteiger charge is 2.64.